The van der Waals surface area contributed by atoms with E-state index in [1.807, 2.05) is 24.3 Å². The van der Waals surface area contributed by atoms with Gasteiger partial charge in [0.25, 0.3) is 0 Å². The molecule has 6 nitrogen and oxygen atoms in total. The molecule has 0 heterocycles. The van der Waals surface area contributed by atoms with Gasteiger partial charge in [-0.05, 0) is 62.5 Å². The Balaban J connectivity index is 1.38. The van der Waals surface area contributed by atoms with Gasteiger partial charge in [-0.15, -0.1) is 0 Å². The van der Waals surface area contributed by atoms with Crippen LogP contribution in [0, 0.1) is 11.8 Å². The fourth-order valence-corrected chi connectivity index (χ4v) is 2.85. The first kappa shape index (κ1) is 21.8. The van der Waals surface area contributed by atoms with Gasteiger partial charge in [-0.3, -0.25) is 0 Å². The normalized spacial score (nSPS) is 18.1. The van der Waals surface area contributed by atoms with Gasteiger partial charge in [0.2, 0.25) is 0 Å². The molecule has 0 spiro atoms. The van der Waals surface area contributed by atoms with E-state index in [4.69, 9.17) is 18.9 Å². The zero-order valence-electron chi connectivity index (χ0n) is 17.4. The number of carbonyl (C=O) groups is 2. The van der Waals surface area contributed by atoms with E-state index in [1.54, 1.807) is 13.8 Å². The van der Waals surface area contributed by atoms with Crippen molar-refractivity contribution in [1.29, 1.82) is 0 Å². The molecule has 2 saturated carbocycles. The van der Waals surface area contributed by atoms with Crippen LogP contribution in [0.5, 0.6) is 0 Å². The summed E-state index contributed by atoms with van der Waals surface area (Å²) in [6.07, 6.45) is 4.21. The maximum absolute atomic E-state index is 12.1. The molecule has 6 heteroatoms. The van der Waals surface area contributed by atoms with E-state index in [-0.39, 0.29) is 25.2 Å². The number of ether oxygens (including phenoxy) is 4. The fourth-order valence-electron chi connectivity index (χ4n) is 2.85. The number of hydrogen-bond donors (Lipinski definition) is 0. The molecular formula is C23H32O6. The summed E-state index contributed by atoms with van der Waals surface area (Å²) in [5.41, 5.74) is 1.90. The fraction of sp³-hybridized carbons (Fsp3) is 0.652. The first-order chi connectivity index (χ1) is 14.0. The largest absolute Gasteiger partial charge is 0.463 e. The van der Waals surface area contributed by atoms with Gasteiger partial charge in [-0.1, -0.05) is 24.3 Å². The van der Waals surface area contributed by atoms with Gasteiger partial charge >= 0.3 is 11.9 Å². The van der Waals surface area contributed by atoms with Crippen LogP contribution in [0.1, 0.15) is 50.7 Å². The van der Waals surface area contributed by atoms with Crippen LogP contribution in [-0.2, 0) is 41.6 Å². The second-order valence-electron chi connectivity index (χ2n) is 8.13. The summed E-state index contributed by atoms with van der Waals surface area (Å²) in [6, 6.07) is 7.70. The second kappa shape index (κ2) is 10.7. The lowest BCUT2D eigenvalue weighted by Crippen LogP contribution is -2.25. The molecule has 2 fully saturated rings. The summed E-state index contributed by atoms with van der Waals surface area (Å²) in [4.78, 5) is 24.1. The zero-order valence-corrected chi connectivity index (χ0v) is 17.4. The minimum Gasteiger partial charge on any atom is -0.463 e. The summed E-state index contributed by atoms with van der Waals surface area (Å²) >= 11 is 0. The summed E-state index contributed by atoms with van der Waals surface area (Å²) in [5, 5.41) is 0. The van der Waals surface area contributed by atoms with E-state index in [2.05, 4.69) is 0 Å². The van der Waals surface area contributed by atoms with Gasteiger partial charge in [0.15, 0.2) is 12.2 Å². The van der Waals surface area contributed by atoms with Crippen molar-refractivity contribution in [3.8, 4) is 0 Å². The molecule has 1 aromatic rings. The highest BCUT2D eigenvalue weighted by Crippen LogP contribution is 2.29. The molecule has 2 aliphatic rings. The van der Waals surface area contributed by atoms with E-state index in [1.165, 1.54) is 25.7 Å². The highest BCUT2D eigenvalue weighted by molar-refractivity contribution is 5.74. The van der Waals surface area contributed by atoms with Crippen LogP contribution in [0.3, 0.4) is 0 Å². The number of carbonyl (C=O) groups excluding carboxylic acids is 2. The summed E-state index contributed by atoms with van der Waals surface area (Å²) < 4.78 is 21.9. The molecule has 3 rings (SSSR count). The topological polar surface area (TPSA) is 71.1 Å². The Morgan fingerprint density at radius 2 is 1.38 bits per heavy atom. The van der Waals surface area contributed by atoms with Crippen molar-refractivity contribution in [3.63, 3.8) is 0 Å². The summed E-state index contributed by atoms with van der Waals surface area (Å²) in [7, 11) is 0. The summed E-state index contributed by atoms with van der Waals surface area (Å²) in [5.74, 6) is 0.530. The Morgan fingerprint density at radius 3 is 1.93 bits per heavy atom. The standard InChI is InChI=1S/C23H32O6/c1-16(27-13-18-7-8-18)22(24)26-12-11-20-5-3-4-6-21(20)15-29-23(25)17(2)28-14-19-9-10-19/h3-6,16-19H,7-15H2,1-2H3/t16-,17+/m1/s1. The van der Waals surface area contributed by atoms with Crippen molar-refractivity contribution in [2.45, 2.75) is 64.8 Å². The third kappa shape index (κ3) is 7.78. The predicted octanol–water partition coefficient (Wildman–Crippen LogP) is 3.45. The van der Waals surface area contributed by atoms with E-state index >= 15 is 0 Å². The average molecular weight is 405 g/mol. The Labute approximate surface area is 172 Å². The second-order valence-corrected chi connectivity index (χ2v) is 8.13. The molecule has 1 aromatic carbocycles. The first-order valence-electron chi connectivity index (χ1n) is 10.7. The van der Waals surface area contributed by atoms with Crippen LogP contribution in [0.4, 0.5) is 0 Å². The number of benzene rings is 1. The van der Waals surface area contributed by atoms with Crippen LogP contribution in [0.15, 0.2) is 24.3 Å². The lowest BCUT2D eigenvalue weighted by atomic mass is 10.1. The van der Waals surface area contributed by atoms with Crippen LogP contribution >= 0.6 is 0 Å². The van der Waals surface area contributed by atoms with E-state index in [0.717, 1.165) is 11.1 Å². The van der Waals surface area contributed by atoms with Crippen molar-refractivity contribution in [1.82, 2.24) is 0 Å². The molecule has 0 saturated heterocycles. The number of esters is 2. The monoisotopic (exact) mass is 404 g/mol. The van der Waals surface area contributed by atoms with Crippen molar-refractivity contribution >= 4 is 11.9 Å². The van der Waals surface area contributed by atoms with Crippen molar-refractivity contribution in [2.24, 2.45) is 11.8 Å². The van der Waals surface area contributed by atoms with E-state index in [9.17, 15) is 9.59 Å². The number of hydrogen-bond acceptors (Lipinski definition) is 6. The molecule has 0 amide bonds. The van der Waals surface area contributed by atoms with Gasteiger partial charge in [-0.25, -0.2) is 9.59 Å². The van der Waals surface area contributed by atoms with Crippen LogP contribution < -0.4 is 0 Å². The Bertz CT molecular complexity index is 680. The third-order valence-electron chi connectivity index (χ3n) is 5.33. The third-order valence-corrected chi connectivity index (χ3v) is 5.33. The molecule has 0 unspecified atom stereocenters. The van der Waals surface area contributed by atoms with Crippen molar-refractivity contribution in [2.75, 3.05) is 19.8 Å². The molecule has 0 aromatic heterocycles. The SMILES string of the molecule is C[C@H](OCC1CC1)C(=O)OCc1ccccc1CCOC(=O)[C@@H](C)OCC1CC1. The minimum absolute atomic E-state index is 0.182. The molecule has 2 atom stereocenters. The highest BCUT2D eigenvalue weighted by Gasteiger charge is 2.25. The zero-order chi connectivity index (χ0) is 20.6. The highest BCUT2D eigenvalue weighted by atomic mass is 16.6. The predicted molar refractivity (Wildman–Crippen MR) is 107 cm³/mol. The maximum Gasteiger partial charge on any atom is 0.335 e. The smallest absolute Gasteiger partial charge is 0.335 e. The molecule has 0 bridgehead atoms. The van der Waals surface area contributed by atoms with Crippen LogP contribution in [0.25, 0.3) is 0 Å². The van der Waals surface area contributed by atoms with Gasteiger partial charge in [0.05, 0.1) is 19.8 Å². The molecule has 0 N–H and O–H groups in total. The minimum atomic E-state index is -0.555. The molecule has 0 radical (unpaired) electrons. The average Bonchev–Trinajstić information content (AvgIpc) is 3.63. The molecule has 160 valence electrons. The van der Waals surface area contributed by atoms with Crippen molar-refractivity contribution < 1.29 is 28.5 Å². The van der Waals surface area contributed by atoms with Gasteiger partial charge in [-0.2, -0.15) is 0 Å². The van der Waals surface area contributed by atoms with Crippen molar-refractivity contribution in [3.05, 3.63) is 35.4 Å². The maximum atomic E-state index is 12.1. The number of rotatable bonds is 13. The van der Waals surface area contributed by atoms with E-state index < -0.39 is 12.2 Å². The lowest BCUT2D eigenvalue weighted by molar-refractivity contribution is -0.157. The quantitative estimate of drug-likeness (QED) is 0.469. The van der Waals surface area contributed by atoms with Gasteiger partial charge < -0.3 is 18.9 Å². The van der Waals surface area contributed by atoms with Crippen LogP contribution in [0.2, 0.25) is 0 Å². The molecule has 2 aliphatic carbocycles. The molecule has 0 aliphatic heterocycles. The molecular weight excluding hydrogens is 372 g/mol. The first-order valence-corrected chi connectivity index (χ1v) is 10.7. The summed E-state index contributed by atoms with van der Waals surface area (Å²) in [6.45, 7) is 5.16. The molecule has 29 heavy (non-hydrogen) atoms. The van der Waals surface area contributed by atoms with Crippen LogP contribution in [-0.4, -0.2) is 44.0 Å². The lowest BCUT2D eigenvalue weighted by Gasteiger charge is -2.15. The van der Waals surface area contributed by atoms with Gasteiger partial charge in [0, 0.05) is 6.42 Å². The van der Waals surface area contributed by atoms with E-state index in [0.29, 0.717) is 31.5 Å². The Morgan fingerprint density at radius 1 is 0.862 bits per heavy atom. The Hall–Kier alpha value is -1.92. The van der Waals surface area contributed by atoms with Gasteiger partial charge in [0.1, 0.15) is 6.61 Å². The Kier molecular flexibility index (Phi) is 8.07.